The molecule has 0 radical (unpaired) electrons. The Bertz CT molecular complexity index is 817. The van der Waals surface area contributed by atoms with Crippen molar-refractivity contribution >= 4 is 34.3 Å². The van der Waals surface area contributed by atoms with Crippen molar-refractivity contribution in [2.75, 3.05) is 0 Å². The van der Waals surface area contributed by atoms with E-state index in [1.807, 2.05) is 66.1 Å². The van der Waals surface area contributed by atoms with Gasteiger partial charge in [0.1, 0.15) is 16.0 Å². The van der Waals surface area contributed by atoms with Crippen LogP contribution in [0.15, 0.2) is 54.7 Å². The minimum atomic E-state index is -0.450. The van der Waals surface area contributed by atoms with Crippen LogP contribution in [0.3, 0.4) is 0 Å². The van der Waals surface area contributed by atoms with E-state index in [9.17, 15) is 4.79 Å². The van der Waals surface area contributed by atoms with Gasteiger partial charge < -0.3 is 10.1 Å². The summed E-state index contributed by atoms with van der Waals surface area (Å²) in [4.78, 5) is 16.5. The molecule has 0 fully saturated rings. The van der Waals surface area contributed by atoms with E-state index < -0.39 is 6.09 Å². The molecule has 0 bridgehead atoms. The van der Waals surface area contributed by atoms with Crippen LogP contribution < -0.4 is 5.32 Å². The molecule has 1 aromatic carbocycles. The number of nitrogens with one attached hydrogen (secondary N) is 1. The van der Waals surface area contributed by atoms with E-state index >= 15 is 0 Å². The van der Waals surface area contributed by atoms with Crippen LogP contribution in [-0.4, -0.2) is 15.5 Å². The summed E-state index contributed by atoms with van der Waals surface area (Å²) in [5.74, 6) is 0. The second-order valence-corrected chi connectivity index (χ2v) is 6.17. The van der Waals surface area contributed by atoms with E-state index in [0.29, 0.717) is 0 Å². The van der Waals surface area contributed by atoms with Crippen LogP contribution in [0.4, 0.5) is 4.79 Å². The van der Waals surface area contributed by atoms with E-state index in [-0.39, 0.29) is 12.6 Å². The molecule has 2 heterocycles. The fraction of sp³-hybridized carbons (Fsp3) is 0.176. The number of carbonyl (C=O) groups excluding carboxylic acids is 1. The number of ether oxygens (including phenoxy) is 1. The van der Waals surface area contributed by atoms with Crippen molar-refractivity contribution in [1.82, 2.24) is 14.7 Å². The summed E-state index contributed by atoms with van der Waals surface area (Å²) in [5.41, 5.74) is 2.64. The molecule has 5 nitrogen and oxygen atoms in total. The first-order valence-electron chi connectivity index (χ1n) is 7.25. The van der Waals surface area contributed by atoms with Gasteiger partial charge in [-0.2, -0.15) is 0 Å². The van der Waals surface area contributed by atoms with Gasteiger partial charge >= 0.3 is 6.09 Å². The Morgan fingerprint density at radius 1 is 1.26 bits per heavy atom. The predicted molar refractivity (Wildman–Crippen MR) is 96.1 cm³/mol. The highest BCUT2D eigenvalue weighted by Gasteiger charge is 2.18. The molecule has 118 valence electrons. The lowest BCUT2D eigenvalue weighted by Crippen LogP contribution is -2.28. The van der Waals surface area contributed by atoms with Crippen molar-refractivity contribution in [2.45, 2.75) is 19.6 Å². The van der Waals surface area contributed by atoms with Gasteiger partial charge in [0.25, 0.3) is 0 Å². The van der Waals surface area contributed by atoms with E-state index in [1.54, 1.807) is 0 Å². The van der Waals surface area contributed by atoms with Gasteiger partial charge in [-0.1, -0.05) is 36.4 Å². The fourth-order valence-electron chi connectivity index (χ4n) is 2.27. The van der Waals surface area contributed by atoms with Crippen LogP contribution in [0.5, 0.6) is 0 Å². The van der Waals surface area contributed by atoms with E-state index in [4.69, 9.17) is 4.74 Å². The Morgan fingerprint density at radius 2 is 2.00 bits per heavy atom. The lowest BCUT2D eigenvalue weighted by Gasteiger charge is -2.12. The number of pyridine rings is 1. The average molecular weight is 421 g/mol. The molecule has 0 saturated heterocycles. The van der Waals surface area contributed by atoms with Crippen molar-refractivity contribution < 1.29 is 9.53 Å². The molecular weight excluding hydrogens is 405 g/mol. The Hall–Kier alpha value is -2.09. The second kappa shape index (κ2) is 6.99. The third-order valence-electron chi connectivity index (χ3n) is 3.45. The molecule has 1 N–H and O–H groups in total. The van der Waals surface area contributed by atoms with Crippen LogP contribution in [0.1, 0.15) is 24.2 Å². The topological polar surface area (TPSA) is 55.6 Å². The number of carbonyl (C=O) groups is 1. The number of nitrogens with zero attached hydrogens (tertiary/aromatic N) is 2. The van der Waals surface area contributed by atoms with Crippen molar-refractivity contribution in [3.05, 3.63) is 69.7 Å². The first kappa shape index (κ1) is 15.8. The molecule has 0 spiro atoms. The Labute approximate surface area is 147 Å². The number of alkyl carbamates (subject to hydrolysis) is 1. The summed E-state index contributed by atoms with van der Waals surface area (Å²) >= 11 is 2.23. The molecule has 1 atom stereocenters. The molecule has 6 heteroatoms. The highest BCUT2D eigenvalue weighted by molar-refractivity contribution is 14.1. The number of imidazole rings is 1. The Kier molecular flexibility index (Phi) is 4.80. The number of hydrogen-bond acceptors (Lipinski definition) is 3. The van der Waals surface area contributed by atoms with Gasteiger partial charge in [0, 0.05) is 6.20 Å². The lowest BCUT2D eigenvalue weighted by molar-refractivity contribution is 0.136. The monoisotopic (exact) mass is 421 g/mol. The van der Waals surface area contributed by atoms with Crippen molar-refractivity contribution in [3.63, 3.8) is 0 Å². The zero-order valence-corrected chi connectivity index (χ0v) is 14.7. The number of fused-ring (bicyclic) bond motifs is 1. The standard InChI is InChI=1S/C17H16IN3O2/c1-12(15-16(18)21-10-6-5-9-14(21)20-15)19-17(22)23-11-13-7-3-2-4-8-13/h2-10,12H,11H2,1H3,(H,19,22)/t12-/m1/s1. The van der Waals surface area contributed by atoms with Gasteiger partial charge in [-0.15, -0.1) is 0 Å². The minimum Gasteiger partial charge on any atom is -0.445 e. The number of hydrogen-bond donors (Lipinski definition) is 1. The van der Waals surface area contributed by atoms with Crippen LogP contribution in [-0.2, 0) is 11.3 Å². The smallest absolute Gasteiger partial charge is 0.407 e. The maximum atomic E-state index is 12.0. The summed E-state index contributed by atoms with van der Waals surface area (Å²) in [6.45, 7) is 2.15. The molecule has 3 aromatic rings. The number of halogens is 1. The van der Waals surface area contributed by atoms with Crippen molar-refractivity contribution in [1.29, 1.82) is 0 Å². The van der Waals surface area contributed by atoms with Gasteiger partial charge in [0.2, 0.25) is 0 Å². The summed E-state index contributed by atoms with van der Waals surface area (Å²) in [6.07, 6.45) is 1.50. The van der Waals surface area contributed by atoms with Gasteiger partial charge in [0.05, 0.1) is 11.7 Å². The third kappa shape index (κ3) is 3.64. The summed E-state index contributed by atoms with van der Waals surface area (Å²) in [6, 6.07) is 15.2. The zero-order chi connectivity index (χ0) is 16.2. The Balaban J connectivity index is 1.64. The van der Waals surface area contributed by atoms with Crippen LogP contribution in [0, 0.1) is 3.70 Å². The summed E-state index contributed by atoms with van der Waals surface area (Å²) < 4.78 is 8.22. The number of benzene rings is 1. The molecule has 0 aliphatic carbocycles. The minimum absolute atomic E-state index is 0.231. The molecular formula is C17H16IN3O2. The van der Waals surface area contributed by atoms with Gasteiger partial charge in [-0.05, 0) is 47.2 Å². The molecule has 0 aliphatic rings. The van der Waals surface area contributed by atoms with Crippen LogP contribution in [0.2, 0.25) is 0 Å². The second-order valence-electron chi connectivity index (χ2n) is 5.14. The van der Waals surface area contributed by atoms with Crippen molar-refractivity contribution in [3.8, 4) is 0 Å². The molecule has 0 unspecified atom stereocenters. The number of amides is 1. The van der Waals surface area contributed by atoms with Gasteiger partial charge in [-0.25, -0.2) is 9.78 Å². The van der Waals surface area contributed by atoms with E-state index in [0.717, 1.165) is 20.6 Å². The molecule has 2 aromatic heterocycles. The predicted octanol–water partition coefficient (Wildman–Crippen LogP) is 3.93. The molecule has 23 heavy (non-hydrogen) atoms. The van der Waals surface area contributed by atoms with Gasteiger partial charge in [0.15, 0.2) is 0 Å². The summed E-state index contributed by atoms with van der Waals surface area (Å²) in [7, 11) is 0. The van der Waals surface area contributed by atoms with Crippen LogP contribution in [0.25, 0.3) is 5.65 Å². The highest BCUT2D eigenvalue weighted by atomic mass is 127. The largest absolute Gasteiger partial charge is 0.445 e. The van der Waals surface area contributed by atoms with Crippen molar-refractivity contribution in [2.24, 2.45) is 0 Å². The maximum Gasteiger partial charge on any atom is 0.407 e. The van der Waals surface area contributed by atoms with Crippen LogP contribution >= 0.6 is 22.6 Å². The van der Waals surface area contributed by atoms with Gasteiger partial charge in [-0.3, -0.25) is 4.40 Å². The molecule has 1 amide bonds. The SMILES string of the molecule is C[C@@H](NC(=O)OCc1ccccc1)c1nc2ccccn2c1I. The summed E-state index contributed by atoms with van der Waals surface area (Å²) in [5, 5.41) is 2.83. The Morgan fingerprint density at radius 3 is 2.74 bits per heavy atom. The maximum absolute atomic E-state index is 12.0. The number of aromatic nitrogens is 2. The highest BCUT2D eigenvalue weighted by Crippen LogP contribution is 2.21. The third-order valence-corrected chi connectivity index (χ3v) is 4.53. The zero-order valence-electron chi connectivity index (χ0n) is 12.6. The number of rotatable bonds is 4. The normalized spacial score (nSPS) is 12.1. The average Bonchev–Trinajstić information content (AvgIpc) is 2.91. The molecule has 0 saturated carbocycles. The van der Waals surface area contributed by atoms with E-state index in [2.05, 4.69) is 32.9 Å². The first-order valence-corrected chi connectivity index (χ1v) is 8.32. The quantitative estimate of drug-likeness (QED) is 0.650. The molecule has 3 rings (SSSR count). The fourth-order valence-corrected chi connectivity index (χ4v) is 3.27. The first-order chi connectivity index (χ1) is 11.1. The van der Waals surface area contributed by atoms with E-state index in [1.165, 1.54) is 0 Å². The lowest BCUT2D eigenvalue weighted by atomic mass is 10.2. The molecule has 0 aliphatic heterocycles.